The minimum atomic E-state index is -0.365. The molecule has 1 saturated heterocycles. The second kappa shape index (κ2) is 3.01. The highest BCUT2D eigenvalue weighted by Gasteiger charge is 2.51. The van der Waals surface area contributed by atoms with Crippen LogP contribution in [-0.4, -0.2) is 30.2 Å². The highest BCUT2D eigenvalue weighted by atomic mass is 16.6. The summed E-state index contributed by atoms with van der Waals surface area (Å²) in [5, 5.41) is 5.36. The maximum absolute atomic E-state index is 10.9. The van der Waals surface area contributed by atoms with Gasteiger partial charge in [0.1, 0.15) is 5.60 Å². The Morgan fingerprint density at radius 2 is 2.43 bits per heavy atom. The predicted molar refractivity (Wildman–Crippen MR) is 48.6 cm³/mol. The van der Waals surface area contributed by atoms with Crippen LogP contribution in [0, 0.1) is 0 Å². The first-order valence-electron chi connectivity index (χ1n) is 4.53. The van der Waals surface area contributed by atoms with Gasteiger partial charge in [0.25, 0.3) is 0 Å². The van der Waals surface area contributed by atoms with Crippen molar-refractivity contribution >= 4 is 12.0 Å². The average molecular weight is 196 g/mol. The Morgan fingerprint density at radius 1 is 1.71 bits per heavy atom. The zero-order valence-corrected chi connectivity index (χ0v) is 7.71. The lowest BCUT2D eigenvalue weighted by Crippen LogP contribution is -2.56. The Kier molecular flexibility index (Phi) is 1.94. The molecule has 5 nitrogen and oxygen atoms in total. The summed E-state index contributed by atoms with van der Waals surface area (Å²) >= 11 is 0. The summed E-state index contributed by atoms with van der Waals surface area (Å²) in [7, 11) is 0. The van der Waals surface area contributed by atoms with Crippen molar-refractivity contribution in [3.63, 3.8) is 0 Å². The van der Waals surface area contributed by atoms with E-state index in [0.717, 1.165) is 0 Å². The highest BCUT2D eigenvalue weighted by molar-refractivity contribution is 5.87. The molecule has 0 atom stereocenters. The lowest BCUT2D eigenvalue weighted by molar-refractivity contribution is -0.119. The molecule has 5 heteroatoms. The summed E-state index contributed by atoms with van der Waals surface area (Å²) in [6.07, 6.45) is 2.25. The van der Waals surface area contributed by atoms with E-state index in [1.807, 2.05) is 0 Å². The van der Waals surface area contributed by atoms with Crippen LogP contribution in [0.1, 0.15) is 12.8 Å². The van der Waals surface area contributed by atoms with Crippen LogP contribution in [0.2, 0.25) is 0 Å². The van der Waals surface area contributed by atoms with Gasteiger partial charge in [0.15, 0.2) is 0 Å². The van der Waals surface area contributed by atoms with E-state index >= 15 is 0 Å². The summed E-state index contributed by atoms with van der Waals surface area (Å²) in [6.45, 7) is 3.91. The van der Waals surface area contributed by atoms with Crippen molar-refractivity contribution in [2.24, 2.45) is 0 Å². The summed E-state index contributed by atoms with van der Waals surface area (Å²) in [4.78, 5) is 21.7. The number of carbonyl (C=O) groups is 2. The number of hydrogen-bond acceptors (Lipinski definition) is 3. The first-order chi connectivity index (χ1) is 6.63. The molecule has 1 saturated carbocycles. The molecule has 0 aromatic rings. The molecule has 1 spiro atoms. The maximum Gasteiger partial charge on any atom is 0.407 e. The fraction of sp³-hybridized carbons (Fsp3) is 0.556. The Morgan fingerprint density at radius 3 is 2.93 bits per heavy atom. The van der Waals surface area contributed by atoms with Gasteiger partial charge in [-0.3, -0.25) is 4.79 Å². The van der Waals surface area contributed by atoms with Crippen LogP contribution < -0.4 is 10.6 Å². The lowest BCUT2D eigenvalue weighted by atomic mass is 9.76. The summed E-state index contributed by atoms with van der Waals surface area (Å²) in [5.41, 5.74) is -0.365. The molecule has 2 N–H and O–H groups in total. The van der Waals surface area contributed by atoms with Gasteiger partial charge in [-0.1, -0.05) is 6.58 Å². The van der Waals surface area contributed by atoms with Gasteiger partial charge in [0.05, 0.1) is 6.54 Å². The molecule has 1 aliphatic heterocycles. The SMILES string of the molecule is C=CC(=O)NC1CC2(CNC(=O)O2)C1. The van der Waals surface area contributed by atoms with Gasteiger partial charge in [0, 0.05) is 18.9 Å². The van der Waals surface area contributed by atoms with Gasteiger partial charge >= 0.3 is 6.09 Å². The normalized spacial score (nSPS) is 34.3. The van der Waals surface area contributed by atoms with Crippen molar-refractivity contribution in [1.82, 2.24) is 10.6 Å². The topological polar surface area (TPSA) is 67.4 Å². The molecular weight excluding hydrogens is 184 g/mol. The zero-order valence-electron chi connectivity index (χ0n) is 7.71. The second-order valence-electron chi connectivity index (χ2n) is 3.74. The molecule has 0 aromatic carbocycles. The number of ether oxygens (including phenoxy) is 1. The van der Waals surface area contributed by atoms with E-state index in [9.17, 15) is 9.59 Å². The van der Waals surface area contributed by atoms with E-state index in [1.54, 1.807) is 0 Å². The van der Waals surface area contributed by atoms with Crippen LogP contribution in [0.3, 0.4) is 0 Å². The molecule has 2 fully saturated rings. The summed E-state index contributed by atoms with van der Waals surface area (Å²) < 4.78 is 5.10. The van der Waals surface area contributed by atoms with Crippen LogP contribution in [0.25, 0.3) is 0 Å². The number of nitrogens with one attached hydrogen (secondary N) is 2. The molecule has 14 heavy (non-hydrogen) atoms. The highest BCUT2D eigenvalue weighted by Crippen LogP contribution is 2.37. The Balaban J connectivity index is 1.81. The average Bonchev–Trinajstić information content (AvgIpc) is 2.46. The standard InChI is InChI=1S/C9H12N2O3/c1-2-7(12)11-6-3-9(4-6)5-10-8(13)14-9/h2,6H,1,3-5H2,(H,10,13)(H,11,12). The van der Waals surface area contributed by atoms with E-state index in [2.05, 4.69) is 17.2 Å². The van der Waals surface area contributed by atoms with Crippen LogP contribution in [0.15, 0.2) is 12.7 Å². The third-order valence-corrected chi connectivity index (χ3v) is 2.63. The maximum atomic E-state index is 10.9. The first kappa shape index (κ1) is 9.05. The Hall–Kier alpha value is -1.52. The Bertz CT molecular complexity index is 294. The predicted octanol–water partition coefficient (Wildman–Crippen LogP) is -0.0704. The fourth-order valence-corrected chi connectivity index (χ4v) is 1.93. The molecule has 2 rings (SSSR count). The Labute approximate surface area is 81.5 Å². The first-order valence-corrected chi connectivity index (χ1v) is 4.53. The monoisotopic (exact) mass is 196 g/mol. The summed E-state index contributed by atoms with van der Waals surface area (Å²) in [5.74, 6) is -0.179. The molecule has 2 aliphatic rings. The molecule has 0 bridgehead atoms. The fourth-order valence-electron chi connectivity index (χ4n) is 1.93. The van der Waals surface area contributed by atoms with E-state index in [-0.39, 0.29) is 23.6 Å². The number of hydrogen-bond donors (Lipinski definition) is 2. The minimum Gasteiger partial charge on any atom is -0.441 e. The van der Waals surface area contributed by atoms with Crippen molar-refractivity contribution < 1.29 is 14.3 Å². The van der Waals surface area contributed by atoms with Gasteiger partial charge in [0.2, 0.25) is 5.91 Å². The van der Waals surface area contributed by atoms with Gasteiger partial charge in [-0.15, -0.1) is 0 Å². The largest absolute Gasteiger partial charge is 0.441 e. The lowest BCUT2D eigenvalue weighted by Gasteiger charge is -2.42. The van der Waals surface area contributed by atoms with Crippen LogP contribution in [0.4, 0.5) is 4.79 Å². The third kappa shape index (κ3) is 1.45. The summed E-state index contributed by atoms with van der Waals surface area (Å²) in [6, 6.07) is 0.105. The van der Waals surface area contributed by atoms with Gasteiger partial charge in [-0.05, 0) is 6.08 Å². The zero-order chi connectivity index (χ0) is 10.2. The van der Waals surface area contributed by atoms with Crippen LogP contribution >= 0.6 is 0 Å². The second-order valence-corrected chi connectivity index (χ2v) is 3.74. The molecule has 76 valence electrons. The molecule has 1 heterocycles. The van der Waals surface area contributed by atoms with E-state index in [4.69, 9.17) is 4.74 Å². The van der Waals surface area contributed by atoms with Crippen molar-refractivity contribution in [2.75, 3.05) is 6.54 Å². The van der Waals surface area contributed by atoms with Gasteiger partial charge in [-0.2, -0.15) is 0 Å². The van der Waals surface area contributed by atoms with E-state index in [0.29, 0.717) is 19.4 Å². The van der Waals surface area contributed by atoms with Crippen molar-refractivity contribution in [2.45, 2.75) is 24.5 Å². The van der Waals surface area contributed by atoms with Crippen molar-refractivity contribution in [3.05, 3.63) is 12.7 Å². The molecule has 0 unspecified atom stereocenters. The van der Waals surface area contributed by atoms with Crippen molar-refractivity contribution in [1.29, 1.82) is 0 Å². The van der Waals surface area contributed by atoms with Crippen LogP contribution in [0.5, 0.6) is 0 Å². The van der Waals surface area contributed by atoms with Gasteiger partial charge < -0.3 is 15.4 Å². The molecule has 0 aromatic heterocycles. The number of rotatable bonds is 2. The van der Waals surface area contributed by atoms with Crippen molar-refractivity contribution in [3.8, 4) is 0 Å². The number of alkyl carbamates (subject to hydrolysis) is 1. The third-order valence-electron chi connectivity index (χ3n) is 2.63. The molecular formula is C9H12N2O3. The smallest absolute Gasteiger partial charge is 0.407 e. The van der Waals surface area contributed by atoms with Crippen LogP contribution in [-0.2, 0) is 9.53 Å². The van der Waals surface area contributed by atoms with Gasteiger partial charge in [-0.25, -0.2) is 4.79 Å². The minimum absolute atomic E-state index is 0.105. The molecule has 0 radical (unpaired) electrons. The van der Waals surface area contributed by atoms with E-state index in [1.165, 1.54) is 6.08 Å². The van der Waals surface area contributed by atoms with E-state index < -0.39 is 0 Å². The number of carbonyl (C=O) groups excluding carboxylic acids is 2. The number of amides is 2. The molecule has 1 aliphatic carbocycles. The quantitative estimate of drug-likeness (QED) is 0.607. The molecule has 2 amide bonds.